The summed E-state index contributed by atoms with van der Waals surface area (Å²) in [7, 11) is 0. The molecule has 1 heterocycles. The molecule has 0 saturated carbocycles. The molecule has 2 rings (SSSR count). The summed E-state index contributed by atoms with van der Waals surface area (Å²) in [6.45, 7) is 4.44. The van der Waals surface area contributed by atoms with Crippen LogP contribution in [0.2, 0.25) is 0 Å². The number of halogens is 1. The Bertz CT molecular complexity index is 490. The normalized spacial score (nSPS) is 23.9. The number of oxime groups is 1. The molecule has 0 radical (unpaired) electrons. The minimum atomic E-state index is 0.158. The van der Waals surface area contributed by atoms with Crippen molar-refractivity contribution in [1.29, 1.82) is 0 Å². The SMILES string of the molecule is CCC1CCC(C)N1c1ccc(Br)cc1/C(N)=N/O. The summed E-state index contributed by atoms with van der Waals surface area (Å²) in [5.74, 6) is 0.158. The second-order valence-electron chi connectivity index (χ2n) is 5.04. The zero-order valence-corrected chi connectivity index (χ0v) is 12.9. The number of hydrogen-bond donors (Lipinski definition) is 2. The number of nitrogens with zero attached hydrogens (tertiary/aromatic N) is 2. The monoisotopic (exact) mass is 325 g/mol. The predicted molar refractivity (Wildman–Crippen MR) is 81.9 cm³/mol. The summed E-state index contributed by atoms with van der Waals surface area (Å²) in [5, 5.41) is 12.1. The first-order valence-corrected chi connectivity index (χ1v) is 7.43. The highest BCUT2D eigenvalue weighted by molar-refractivity contribution is 9.10. The van der Waals surface area contributed by atoms with Crippen LogP contribution >= 0.6 is 15.9 Å². The Morgan fingerprint density at radius 2 is 2.26 bits per heavy atom. The summed E-state index contributed by atoms with van der Waals surface area (Å²) >= 11 is 3.44. The predicted octanol–water partition coefficient (Wildman–Crippen LogP) is 3.31. The van der Waals surface area contributed by atoms with E-state index in [0.29, 0.717) is 12.1 Å². The molecule has 0 aromatic heterocycles. The van der Waals surface area contributed by atoms with Crippen LogP contribution in [0.1, 0.15) is 38.7 Å². The van der Waals surface area contributed by atoms with Crippen LogP contribution in [0.15, 0.2) is 27.8 Å². The molecule has 1 saturated heterocycles. The molecular weight excluding hydrogens is 306 g/mol. The van der Waals surface area contributed by atoms with Crippen LogP contribution in [-0.4, -0.2) is 23.1 Å². The van der Waals surface area contributed by atoms with Crippen LogP contribution in [0, 0.1) is 0 Å². The van der Waals surface area contributed by atoms with Crippen molar-refractivity contribution < 1.29 is 5.21 Å². The highest BCUT2D eigenvalue weighted by Crippen LogP contribution is 2.35. The number of anilines is 1. The summed E-state index contributed by atoms with van der Waals surface area (Å²) in [5.41, 5.74) is 7.65. The number of amidine groups is 1. The van der Waals surface area contributed by atoms with Gasteiger partial charge >= 0.3 is 0 Å². The molecule has 3 N–H and O–H groups in total. The van der Waals surface area contributed by atoms with E-state index in [9.17, 15) is 0 Å². The van der Waals surface area contributed by atoms with E-state index in [1.54, 1.807) is 0 Å². The molecule has 1 fully saturated rings. The van der Waals surface area contributed by atoms with Crippen LogP contribution in [0.4, 0.5) is 5.69 Å². The first kappa shape index (κ1) is 14.2. The van der Waals surface area contributed by atoms with Crippen molar-refractivity contribution in [2.75, 3.05) is 4.90 Å². The molecule has 2 atom stereocenters. The van der Waals surface area contributed by atoms with Gasteiger partial charge in [0.1, 0.15) is 0 Å². The van der Waals surface area contributed by atoms with Gasteiger partial charge < -0.3 is 15.8 Å². The lowest BCUT2D eigenvalue weighted by Crippen LogP contribution is -2.35. The van der Waals surface area contributed by atoms with Gasteiger partial charge in [0, 0.05) is 27.8 Å². The Hall–Kier alpha value is -1.23. The van der Waals surface area contributed by atoms with Crippen molar-refractivity contribution in [3.8, 4) is 0 Å². The molecule has 1 aromatic carbocycles. The van der Waals surface area contributed by atoms with E-state index in [1.807, 2.05) is 18.2 Å². The third-order valence-electron chi connectivity index (χ3n) is 3.88. The molecule has 0 bridgehead atoms. The molecule has 0 amide bonds. The van der Waals surface area contributed by atoms with E-state index >= 15 is 0 Å². The van der Waals surface area contributed by atoms with E-state index < -0.39 is 0 Å². The summed E-state index contributed by atoms with van der Waals surface area (Å²) < 4.78 is 0.928. The highest BCUT2D eigenvalue weighted by Gasteiger charge is 2.31. The van der Waals surface area contributed by atoms with Gasteiger partial charge in [-0.25, -0.2) is 0 Å². The number of rotatable bonds is 3. The zero-order chi connectivity index (χ0) is 14.0. The average Bonchev–Trinajstić information content (AvgIpc) is 2.79. The van der Waals surface area contributed by atoms with Gasteiger partial charge in [0.2, 0.25) is 0 Å². The van der Waals surface area contributed by atoms with Gasteiger partial charge in [0.05, 0.1) is 0 Å². The van der Waals surface area contributed by atoms with Crippen LogP contribution < -0.4 is 10.6 Å². The van der Waals surface area contributed by atoms with Gasteiger partial charge in [0.15, 0.2) is 5.84 Å². The van der Waals surface area contributed by atoms with Gasteiger partial charge in [-0.1, -0.05) is 28.0 Å². The molecule has 4 nitrogen and oxygen atoms in total. The third-order valence-corrected chi connectivity index (χ3v) is 4.37. The fraction of sp³-hybridized carbons (Fsp3) is 0.500. The Balaban J connectivity index is 2.49. The Morgan fingerprint density at radius 1 is 1.53 bits per heavy atom. The van der Waals surface area contributed by atoms with Crippen molar-refractivity contribution in [2.45, 2.75) is 45.2 Å². The minimum absolute atomic E-state index is 0.158. The molecule has 19 heavy (non-hydrogen) atoms. The van der Waals surface area contributed by atoms with E-state index in [4.69, 9.17) is 10.9 Å². The number of hydrogen-bond acceptors (Lipinski definition) is 3. The Kier molecular flexibility index (Phi) is 4.34. The lowest BCUT2D eigenvalue weighted by atomic mass is 10.1. The maximum atomic E-state index is 8.96. The molecule has 1 aliphatic heterocycles. The molecule has 0 aliphatic carbocycles. The standard InChI is InChI=1S/C14H20BrN3O/c1-3-11-6-4-9(2)18(11)13-7-5-10(15)8-12(13)14(16)17-19/h5,7-9,11,19H,3-4,6H2,1-2H3,(H2,16,17). The highest BCUT2D eigenvalue weighted by atomic mass is 79.9. The number of benzene rings is 1. The lowest BCUT2D eigenvalue weighted by molar-refractivity contribution is 0.318. The van der Waals surface area contributed by atoms with Crippen LogP contribution in [0.3, 0.4) is 0 Å². The summed E-state index contributed by atoms with van der Waals surface area (Å²) in [4.78, 5) is 2.40. The van der Waals surface area contributed by atoms with Crippen LogP contribution in [-0.2, 0) is 0 Å². The fourth-order valence-corrected chi connectivity index (χ4v) is 3.26. The number of nitrogens with two attached hydrogens (primary N) is 1. The molecule has 0 spiro atoms. The molecular formula is C14H20BrN3O. The topological polar surface area (TPSA) is 61.8 Å². The van der Waals surface area contributed by atoms with E-state index in [-0.39, 0.29) is 5.84 Å². The van der Waals surface area contributed by atoms with Gasteiger partial charge in [-0.15, -0.1) is 0 Å². The zero-order valence-electron chi connectivity index (χ0n) is 11.3. The molecule has 1 aliphatic rings. The van der Waals surface area contributed by atoms with Gasteiger partial charge in [-0.2, -0.15) is 0 Å². The quantitative estimate of drug-likeness (QED) is 0.388. The Labute approximate surface area is 122 Å². The van der Waals surface area contributed by atoms with Gasteiger partial charge in [-0.3, -0.25) is 0 Å². The molecule has 2 unspecified atom stereocenters. The largest absolute Gasteiger partial charge is 0.409 e. The van der Waals surface area contributed by atoms with E-state index in [1.165, 1.54) is 12.8 Å². The van der Waals surface area contributed by atoms with Crippen molar-refractivity contribution in [3.05, 3.63) is 28.2 Å². The third kappa shape index (κ3) is 2.71. The van der Waals surface area contributed by atoms with Crippen LogP contribution in [0.25, 0.3) is 0 Å². The van der Waals surface area contributed by atoms with Crippen molar-refractivity contribution in [2.24, 2.45) is 10.9 Å². The molecule has 5 heteroatoms. The first-order chi connectivity index (χ1) is 9.08. The maximum absolute atomic E-state index is 8.96. The molecule has 1 aromatic rings. The minimum Gasteiger partial charge on any atom is -0.409 e. The fourth-order valence-electron chi connectivity index (χ4n) is 2.90. The van der Waals surface area contributed by atoms with Crippen molar-refractivity contribution in [3.63, 3.8) is 0 Å². The average molecular weight is 326 g/mol. The van der Waals surface area contributed by atoms with Gasteiger partial charge in [0.25, 0.3) is 0 Å². The summed E-state index contributed by atoms with van der Waals surface area (Å²) in [6.07, 6.45) is 3.49. The lowest BCUT2D eigenvalue weighted by Gasteiger charge is -2.32. The first-order valence-electron chi connectivity index (χ1n) is 6.64. The maximum Gasteiger partial charge on any atom is 0.172 e. The van der Waals surface area contributed by atoms with Crippen molar-refractivity contribution >= 4 is 27.5 Å². The van der Waals surface area contributed by atoms with Crippen molar-refractivity contribution in [1.82, 2.24) is 0 Å². The van der Waals surface area contributed by atoms with E-state index in [2.05, 4.69) is 39.8 Å². The van der Waals surface area contributed by atoms with Gasteiger partial charge in [-0.05, 0) is 44.4 Å². The Morgan fingerprint density at radius 3 is 2.89 bits per heavy atom. The second kappa shape index (κ2) is 5.82. The summed E-state index contributed by atoms with van der Waals surface area (Å²) in [6, 6.07) is 6.96. The smallest absolute Gasteiger partial charge is 0.172 e. The molecule has 104 valence electrons. The van der Waals surface area contributed by atoms with Crippen LogP contribution in [0.5, 0.6) is 0 Å². The van der Waals surface area contributed by atoms with E-state index in [0.717, 1.165) is 22.1 Å². The second-order valence-corrected chi connectivity index (χ2v) is 5.96.